The maximum Gasteiger partial charge on any atom is 0.253 e. The first kappa shape index (κ1) is 21.3. The van der Waals surface area contributed by atoms with E-state index in [1.807, 2.05) is 6.92 Å². The van der Waals surface area contributed by atoms with E-state index in [0.717, 1.165) is 67.7 Å². The third kappa shape index (κ3) is 4.53. The smallest absolute Gasteiger partial charge is 0.253 e. The van der Waals surface area contributed by atoms with Crippen molar-refractivity contribution in [1.82, 2.24) is 19.8 Å². The van der Waals surface area contributed by atoms with Crippen molar-refractivity contribution in [1.29, 1.82) is 0 Å². The van der Waals surface area contributed by atoms with E-state index in [-0.39, 0.29) is 18.1 Å². The van der Waals surface area contributed by atoms with Crippen LogP contribution in [-0.4, -0.2) is 65.9 Å². The molecule has 4 rings (SSSR count). The number of morpholine rings is 1. The van der Waals surface area contributed by atoms with E-state index in [0.29, 0.717) is 19.2 Å². The Morgan fingerprint density at radius 3 is 2.93 bits per heavy atom. The van der Waals surface area contributed by atoms with Gasteiger partial charge in [0.25, 0.3) is 5.91 Å². The van der Waals surface area contributed by atoms with Gasteiger partial charge in [0.15, 0.2) is 0 Å². The maximum absolute atomic E-state index is 13.4. The summed E-state index contributed by atoms with van der Waals surface area (Å²) in [4.78, 5) is 20.3. The Balaban J connectivity index is 1.62. The molecule has 1 amide bonds. The van der Waals surface area contributed by atoms with Gasteiger partial charge in [-0.1, -0.05) is 0 Å². The summed E-state index contributed by atoms with van der Waals surface area (Å²) in [5, 5.41) is 3.28. The molecule has 0 aromatic carbocycles. The van der Waals surface area contributed by atoms with Gasteiger partial charge >= 0.3 is 0 Å². The highest BCUT2D eigenvalue weighted by Gasteiger charge is 2.40. The highest BCUT2D eigenvalue weighted by Crippen LogP contribution is 2.38. The number of ether oxygens (including phenoxy) is 2. The van der Waals surface area contributed by atoms with Crippen LogP contribution in [0.2, 0.25) is 0 Å². The average Bonchev–Trinajstić information content (AvgIpc) is 3.53. The Bertz CT molecular complexity index is 871. The number of aromatic nitrogens is 2. The van der Waals surface area contributed by atoms with Gasteiger partial charge in [0.2, 0.25) is 0 Å². The van der Waals surface area contributed by atoms with E-state index >= 15 is 0 Å². The number of methoxy groups -OCH3 is 1. The summed E-state index contributed by atoms with van der Waals surface area (Å²) in [6, 6.07) is 4.49. The van der Waals surface area contributed by atoms with Gasteiger partial charge < -0.3 is 24.3 Å². The van der Waals surface area contributed by atoms with E-state index in [1.165, 1.54) is 0 Å². The highest BCUT2D eigenvalue weighted by molar-refractivity contribution is 5.85. The Kier molecular flexibility index (Phi) is 6.71. The molecular weight excluding hydrogens is 380 g/mol. The molecule has 7 nitrogen and oxygen atoms in total. The first-order valence-electron chi connectivity index (χ1n) is 11.2. The molecule has 7 heteroatoms. The summed E-state index contributed by atoms with van der Waals surface area (Å²) in [5.41, 5.74) is 4.27. The normalized spacial score (nSPS) is 20.4. The molecule has 164 valence electrons. The zero-order valence-corrected chi connectivity index (χ0v) is 18.4. The topological polar surface area (TPSA) is 68.6 Å². The summed E-state index contributed by atoms with van der Waals surface area (Å²) >= 11 is 0. The fourth-order valence-corrected chi connectivity index (χ4v) is 4.39. The molecule has 0 unspecified atom stereocenters. The van der Waals surface area contributed by atoms with Crippen LogP contribution in [-0.2, 0) is 20.8 Å². The zero-order chi connectivity index (χ0) is 21.1. The van der Waals surface area contributed by atoms with Crippen LogP contribution in [0.4, 0.5) is 0 Å². The monoisotopic (exact) mass is 414 g/mol. The first-order chi connectivity index (χ1) is 14.6. The SMILES string of the molecule is COCCCCn1cc([C@@H](C)N(C(=O)[C@H]2CNCCO2)C2CC2)c2nc(C)ccc21. The predicted octanol–water partition coefficient (Wildman–Crippen LogP) is 2.81. The molecule has 1 aliphatic carbocycles. The Labute approximate surface area is 178 Å². The molecule has 2 aliphatic rings. The molecule has 0 bridgehead atoms. The lowest BCUT2D eigenvalue weighted by Gasteiger charge is -2.34. The lowest BCUT2D eigenvalue weighted by molar-refractivity contribution is -0.148. The van der Waals surface area contributed by atoms with Crippen LogP contribution in [0, 0.1) is 6.92 Å². The average molecular weight is 415 g/mol. The maximum atomic E-state index is 13.4. The van der Waals surface area contributed by atoms with Crippen molar-refractivity contribution < 1.29 is 14.3 Å². The van der Waals surface area contributed by atoms with Crippen molar-refractivity contribution in [3.05, 3.63) is 29.6 Å². The fourth-order valence-electron chi connectivity index (χ4n) is 4.39. The second kappa shape index (κ2) is 9.45. The first-order valence-corrected chi connectivity index (χ1v) is 11.2. The zero-order valence-electron chi connectivity index (χ0n) is 18.4. The van der Waals surface area contributed by atoms with Crippen molar-refractivity contribution in [2.45, 2.75) is 64.3 Å². The largest absolute Gasteiger partial charge is 0.385 e. The highest BCUT2D eigenvalue weighted by atomic mass is 16.5. The number of rotatable bonds is 9. The van der Waals surface area contributed by atoms with Crippen LogP contribution in [0.25, 0.3) is 11.0 Å². The molecule has 1 N–H and O–H groups in total. The third-order valence-electron chi connectivity index (χ3n) is 6.15. The van der Waals surface area contributed by atoms with Crippen LogP contribution < -0.4 is 5.32 Å². The predicted molar refractivity (Wildman–Crippen MR) is 116 cm³/mol. The van der Waals surface area contributed by atoms with Crippen molar-refractivity contribution in [2.75, 3.05) is 33.4 Å². The van der Waals surface area contributed by atoms with Crippen LogP contribution in [0.1, 0.15) is 49.9 Å². The van der Waals surface area contributed by atoms with Crippen molar-refractivity contribution in [3.63, 3.8) is 0 Å². The lowest BCUT2D eigenvalue weighted by atomic mass is 10.1. The summed E-state index contributed by atoms with van der Waals surface area (Å²) in [6.07, 6.45) is 6.03. The van der Waals surface area contributed by atoms with Crippen molar-refractivity contribution >= 4 is 16.9 Å². The van der Waals surface area contributed by atoms with E-state index in [4.69, 9.17) is 14.5 Å². The van der Waals surface area contributed by atoms with Crippen LogP contribution in [0.5, 0.6) is 0 Å². The molecule has 3 heterocycles. The molecule has 2 aromatic rings. The third-order valence-corrected chi connectivity index (χ3v) is 6.15. The second-order valence-electron chi connectivity index (χ2n) is 8.51. The summed E-state index contributed by atoms with van der Waals surface area (Å²) < 4.78 is 13.3. The lowest BCUT2D eigenvalue weighted by Crippen LogP contribution is -2.50. The van der Waals surface area contributed by atoms with Gasteiger partial charge in [-0.05, 0) is 51.7 Å². The number of nitrogens with zero attached hydrogens (tertiary/aromatic N) is 3. The fraction of sp³-hybridized carbons (Fsp3) is 0.652. The van der Waals surface area contributed by atoms with Crippen LogP contribution in [0.3, 0.4) is 0 Å². The molecule has 2 atom stereocenters. The van der Waals surface area contributed by atoms with Gasteiger partial charge in [0.1, 0.15) is 6.10 Å². The van der Waals surface area contributed by atoms with E-state index < -0.39 is 0 Å². The van der Waals surface area contributed by atoms with Gasteiger partial charge in [-0.25, -0.2) is 0 Å². The number of amides is 1. The molecular formula is C23H34N4O3. The molecule has 2 fully saturated rings. The molecule has 30 heavy (non-hydrogen) atoms. The summed E-state index contributed by atoms with van der Waals surface area (Å²) in [7, 11) is 1.74. The van der Waals surface area contributed by atoms with Crippen molar-refractivity contribution in [3.8, 4) is 0 Å². The molecule has 2 aromatic heterocycles. The van der Waals surface area contributed by atoms with Gasteiger partial charge in [0, 0.05) is 56.8 Å². The minimum atomic E-state index is -0.390. The molecule has 1 aliphatic heterocycles. The standard InChI is InChI=1S/C23H34N4O3/c1-16-6-9-20-22(25-16)19(15-26(20)11-4-5-12-29-3)17(2)27(18-7-8-18)23(28)21-14-24-10-13-30-21/h6,9,15,17-18,21,24H,4-5,7-8,10-14H2,1-3H3/t17-,21-/m1/s1. The number of carbonyl (C=O) groups is 1. The number of hydrogen-bond donors (Lipinski definition) is 1. The molecule has 1 saturated carbocycles. The number of pyridine rings is 1. The molecule has 0 spiro atoms. The summed E-state index contributed by atoms with van der Waals surface area (Å²) in [5.74, 6) is 0.103. The number of aryl methyl sites for hydroxylation is 2. The van der Waals surface area contributed by atoms with Crippen LogP contribution in [0.15, 0.2) is 18.3 Å². The number of nitrogens with one attached hydrogen (secondary N) is 1. The summed E-state index contributed by atoms with van der Waals surface area (Å²) in [6.45, 7) is 7.85. The van der Waals surface area contributed by atoms with E-state index in [2.05, 4.69) is 40.0 Å². The quantitative estimate of drug-likeness (QED) is 0.639. The Hall–Kier alpha value is -1.96. The second-order valence-corrected chi connectivity index (χ2v) is 8.51. The van der Waals surface area contributed by atoms with Gasteiger partial charge in [-0.15, -0.1) is 0 Å². The van der Waals surface area contributed by atoms with Gasteiger partial charge in [-0.3, -0.25) is 9.78 Å². The van der Waals surface area contributed by atoms with Crippen molar-refractivity contribution in [2.24, 2.45) is 0 Å². The minimum Gasteiger partial charge on any atom is -0.385 e. The number of carbonyl (C=O) groups excluding carboxylic acids is 1. The van der Waals surface area contributed by atoms with Gasteiger partial charge in [-0.2, -0.15) is 0 Å². The van der Waals surface area contributed by atoms with E-state index in [9.17, 15) is 4.79 Å². The Morgan fingerprint density at radius 1 is 1.40 bits per heavy atom. The number of unbranched alkanes of at least 4 members (excludes halogenated alkanes) is 1. The number of hydrogen-bond acceptors (Lipinski definition) is 5. The minimum absolute atomic E-state index is 0.0347. The molecule has 0 radical (unpaired) electrons. The van der Waals surface area contributed by atoms with Crippen LogP contribution >= 0.6 is 0 Å². The number of fused-ring (bicyclic) bond motifs is 1. The Morgan fingerprint density at radius 2 is 2.23 bits per heavy atom. The molecule has 1 saturated heterocycles. The van der Waals surface area contributed by atoms with Gasteiger partial charge in [0.05, 0.1) is 23.7 Å². The van der Waals surface area contributed by atoms with E-state index in [1.54, 1.807) is 7.11 Å².